The van der Waals surface area contributed by atoms with Crippen LogP contribution in [0, 0.1) is 0 Å². The van der Waals surface area contributed by atoms with Crippen LogP contribution in [0.3, 0.4) is 0 Å². The van der Waals surface area contributed by atoms with E-state index in [0.717, 1.165) is 22.5 Å². The number of hydrogen-bond acceptors (Lipinski definition) is 3. The third-order valence-electron chi connectivity index (χ3n) is 4.00. The molecule has 104 valence electrons. The number of benzene rings is 3. The molecule has 0 saturated carbocycles. The van der Waals surface area contributed by atoms with Crippen LogP contribution in [-0.4, -0.2) is 5.11 Å². The number of aliphatic hydroxyl groups excluding tert-OH is 1. The number of rotatable bonds is 2. The summed E-state index contributed by atoms with van der Waals surface area (Å²) >= 11 is 0. The van der Waals surface area contributed by atoms with Gasteiger partial charge >= 0.3 is 0 Å². The first-order valence-corrected chi connectivity index (χ1v) is 7.10. The van der Waals surface area contributed by atoms with Crippen molar-refractivity contribution in [2.75, 3.05) is 10.6 Å². The van der Waals surface area contributed by atoms with E-state index in [1.165, 1.54) is 10.8 Å². The normalized spacial score (nSPS) is 13.8. The molecule has 1 heterocycles. The van der Waals surface area contributed by atoms with E-state index >= 15 is 0 Å². The van der Waals surface area contributed by atoms with Crippen LogP contribution >= 0.6 is 0 Å². The van der Waals surface area contributed by atoms with Gasteiger partial charge in [0.1, 0.15) is 6.17 Å². The minimum Gasteiger partial charge on any atom is -0.392 e. The lowest BCUT2D eigenvalue weighted by atomic mass is 10.0. The Bertz CT molecular complexity index is 755. The highest BCUT2D eigenvalue weighted by Crippen LogP contribution is 2.38. The number of hydrogen-bond donors (Lipinski definition) is 3. The third-order valence-corrected chi connectivity index (χ3v) is 4.00. The average Bonchev–Trinajstić information content (AvgIpc) is 2.55. The number of aliphatic hydroxyl groups is 1. The summed E-state index contributed by atoms with van der Waals surface area (Å²) in [5, 5.41) is 18.7. The van der Waals surface area contributed by atoms with Crippen LogP contribution in [0.15, 0.2) is 60.7 Å². The molecule has 21 heavy (non-hydrogen) atoms. The lowest BCUT2D eigenvalue weighted by Crippen LogP contribution is -2.23. The fourth-order valence-corrected chi connectivity index (χ4v) is 2.91. The van der Waals surface area contributed by atoms with E-state index in [1.54, 1.807) is 0 Å². The molecule has 3 aromatic carbocycles. The maximum atomic E-state index is 9.14. The smallest absolute Gasteiger partial charge is 0.123 e. The second-order valence-corrected chi connectivity index (χ2v) is 5.33. The Hall–Kier alpha value is -2.52. The molecule has 1 aliphatic rings. The zero-order valence-corrected chi connectivity index (χ0v) is 11.5. The van der Waals surface area contributed by atoms with Gasteiger partial charge in [0.25, 0.3) is 0 Å². The van der Waals surface area contributed by atoms with Crippen LogP contribution < -0.4 is 10.6 Å². The predicted molar refractivity (Wildman–Crippen MR) is 86.3 cm³/mol. The highest BCUT2D eigenvalue weighted by molar-refractivity contribution is 6.04. The fraction of sp³-hybridized carbons (Fsp3) is 0.111. The summed E-state index contributed by atoms with van der Waals surface area (Å²) in [6.07, 6.45) is 0.0400. The number of anilines is 2. The summed E-state index contributed by atoms with van der Waals surface area (Å²) in [6, 6.07) is 20.6. The molecule has 0 aromatic heterocycles. The van der Waals surface area contributed by atoms with Gasteiger partial charge in [-0.2, -0.15) is 0 Å². The molecule has 1 aliphatic heterocycles. The SMILES string of the molecule is OCc1ccc(C2Nc3cccc4cccc(c34)N2)cc1. The van der Waals surface area contributed by atoms with E-state index in [-0.39, 0.29) is 12.8 Å². The van der Waals surface area contributed by atoms with Crippen molar-refractivity contribution in [2.45, 2.75) is 12.8 Å². The Morgan fingerprint density at radius 1 is 0.810 bits per heavy atom. The van der Waals surface area contributed by atoms with Gasteiger partial charge in [0, 0.05) is 16.8 Å². The molecule has 0 radical (unpaired) electrons. The van der Waals surface area contributed by atoms with Gasteiger partial charge in [-0.15, -0.1) is 0 Å². The largest absolute Gasteiger partial charge is 0.392 e. The molecule has 0 fully saturated rings. The zero-order valence-electron chi connectivity index (χ0n) is 11.5. The Morgan fingerprint density at radius 2 is 1.43 bits per heavy atom. The summed E-state index contributed by atoms with van der Waals surface area (Å²) in [6.45, 7) is 0.0773. The monoisotopic (exact) mass is 276 g/mol. The molecule has 0 spiro atoms. The Kier molecular flexibility index (Phi) is 2.79. The standard InChI is InChI=1S/C18H16N2O/c21-11-12-7-9-14(10-8-12)18-19-15-5-1-3-13-4-2-6-16(20-18)17(13)15/h1-10,18-21H,11H2. The summed E-state index contributed by atoms with van der Waals surface area (Å²) in [5.74, 6) is 0. The van der Waals surface area contributed by atoms with E-state index in [4.69, 9.17) is 5.11 Å². The van der Waals surface area contributed by atoms with Crippen LogP contribution in [0.25, 0.3) is 10.8 Å². The molecule has 0 atom stereocenters. The Morgan fingerprint density at radius 3 is 2.00 bits per heavy atom. The second-order valence-electron chi connectivity index (χ2n) is 5.33. The molecule has 4 rings (SSSR count). The molecule has 0 aliphatic carbocycles. The maximum Gasteiger partial charge on any atom is 0.123 e. The topological polar surface area (TPSA) is 44.3 Å². The molecule has 3 aromatic rings. The van der Waals surface area contributed by atoms with Gasteiger partial charge in [-0.05, 0) is 28.6 Å². The first-order valence-electron chi connectivity index (χ1n) is 7.10. The van der Waals surface area contributed by atoms with Crippen LogP contribution in [0.4, 0.5) is 11.4 Å². The second kappa shape index (κ2) is 4.79. The predicted octanol–water partition coefficient (Wildman–Crippen LogP) is 3.87. The van der Waals surface area contributed by atoms with Crippen molar-refractivity contribution >= 4 is 22.1 Å². The molecule has 0 unspecified atom stereocenters. The van der Waals surface area contributed by atoms with Gasteiger partial charge in [-0.25, -0.2) is 0 Å². The molecular weight excluding hydrogens is 260 g/mol. The minimum absolute atomic E-state index is 0.0400. The lowest BCUT2D eigenvalue weighted by Gasteiger charge is -2.29. The first kappa shape index (κ1) is 12.2. The molecule has 0 bridgehead atoms. The van der Waals surface area contributed by atoms with Gasteiger partial charge in [-0.1, -0.05) is 48.5 Å². The quantitative estimate of drug-likeness (QED) is 0.665. The van der Waals surface area contributed by atoms with Crippen molar-refractivity contribution in [1.82, 2.24) is 0 Å². The number of nitrogens with one attached hydrogen (secondary N) is 2. The fourth-order valence-electron chi connectivity index (χ4n) is 2.91. The van der Waals surface area contributed by atoms with Gasteiger partial charge in [0.15, 0.2) is 0 Å². The Balaban J connectivity index is 1.75. The summed E-state index contributed by atoms with van der Waals surface area (Å²) < 4.78 is 0. The van der Waals surface area contributed by atoms with E-state index in [2.05, 4.69) is 47.0 Å². The van der Waals surface area contributed by atoms with Crippen molar-refractivity contribution in [3.05, 3.63) is 71.8 Å². The van der Waals surface area contributed by atoms with E-state index < -0.39 is 0 Å². The summed E-state index contributed by atoms with van der Waals surface area (Å²) in [4.78, 5) is 0. The van der Waals surface area contributed by atoms with E-state index in [1.807, 2.05) is 24.3 Å². The van der Waals surface area contributed by atoms with Crippen LogP contribution in [0.2, 0.25) is 0 Å². The molecule has 3 nitrogen and oxygen atoms in total. The molecule has 0 amide bonds. The lowest BCUT2D eigenvalue weighted by molar-refractivity contribution is 0.282. The zero-order chi connectivity index (χ0) is 14.2. The molecular formula is C18H16N2O. The van der Waals surface area contributed by atoms with Crippen molar-refractivity contribution in [3.63, 3.8) is 0 Å². The average molecular weight is 276 g/mol. The molecule has 0 saturated heterocycles. The van der Waals surface area contributed by atoms with Crippen molar-refractivity contribution < 1.29 is 5.11 Å². The first-order chi connectivity index (χ1) is 10.3. The van der Waals surface area contributed by atoms with Gasteiger partial charge in [0.05, 0.1) is 6.61 Å². The summed E-state index contributed by atoms with van der Waals surface area (Å²) in [5.41, 5.74) is 4.38. The van der Waals surface area contributed by atoms with Crippen LogP contribution in [0.1, 0.15) is 17.3 Å². The Labute approximate surface area is 123 Å². The van der Waals surface area contributed by atoms with Gasteiger partial charge in [-0.3, -0.25) is 0 Å². The minimum atomic E-state index is 0.0400. The highest BCUT2D eigenvalue weighted by Gasteiger charge is 2.19. The summed E-state index contributed by atoms with van der Waals surface area (Å²) in [7, 11) is 0. The van der Waals surface area contributed by atoms with Crippen LogP contribution in [0.5, 0.6) is 0 Å². The highest BCUT2D eigenvalue weighted by atomic mass is 16.3. The van der Waals surface area contributed by atoms with Crippen molar-refractivity contribution in [2.24, 2.45) is 0 Å². The molecule has 3 heteroatoms. The molecule has 3 N–H and O–H groups in total. The van der Waals surface area contributed by atoms with E-state index in [0.29, 0.717) is 0 Å². The third kappa shape index (κ3) is 2.03. The van der Waals surface area contributed by atoms with Crippen molar-refractivity contribution in [1.29, 1.82) is 0 Å². The van der Waals surface area contributed by atoms with E-state index in [9.17, 15) is 0 Å². The van der Waals surface area contributed by atoms with Crippen LogP contribution in [-0.2, 0) is 6.61 Å². The van der Waals surface area contributed by atoms with Gasteiger partial charge in [0.2, 0.25) is 0 Å². The maximum absolute atomic E-state index is 9.14. The van der Waals surface area contributed by atoms with Crippen molar-refractivity contribution in [3.8, 4) is 0 Å². The van der Waals surface area contributed by atoms with Gasteiger partial charge < -0.3 is 15.7 Å².